The molecule has 0 aromatic rings. The van der Waals surface area contributed by atoms with Crippen molar-refractivity contribution in [3.63, 3.8) is 0 Å². The molecule has 0 saturated carbocycles. The summed E-state index contributed by atoms with van der Waals surface area (Å²) in [5.74, 6) is -0.502. The quantitative estimate of drug-likeness (QED) is 0.402. The Labute approximate surface area is 65.6 Å². The van der Waals surface area contributed by atoms with Gasteiger partial charge in [-0.2, -0.15) is 0 Å². The van der Waals surface area contributed by atoms with Crippen molar-refractivity contribution in [3.8, 4) is 0 Å². The highest BCUT2D eigenvalue weighted by atomic mass is 16.5. The maximum atomic E-state index is 10.4. The van der Waals surface area contributed by atoms with E-state index in [0.29, 0.717) is 18.6 Å². The number of rotatable bonds is 6. The standard InChI is InChI=1S/C7H13NO3/c1-6(7(8)10)2-4-11-5-3-9/h9H,1-5H2,(H2,8,10). The van der Waals surface area contributed by atoms with E-state index in [1.807, 2.05) is 0 Å². The molecular weight excluding hydrogens is 146 g/mol. The van der Waals surface area contributed by atoms with Crippen molar-refractivity contribution in [3.05, 3.63) is 12.2 Å². The minimum atomic E-state index is -0.502. The van der Waals surface area contributed by atoms with E-state index < -0.39 is 5.91 Å². The van der Waals surface area contributed by atoms with Gasteiger partial charge >= 0.3 is 0 Å². The van der Waals surface area contributed by atoms with Crippen LogP contribution in [-0.2, 0) is 9.53 Å². The summed E-state index contributed by atoms with van der Waals surface area (Å²) in [6.07, 6.45) is 0.426. The summed E-state index contributed by atoms with van der Waals surface area (Å²) in [5.41, 5.74) is 5.26. The van der Waals surface area contributed by atoms with Crippen LogP contribution in [0.2, 0.25) is 0 Å². The zero-order valence-corrected chi connectivity index (χ0v) is 6.38. The maximum Gasteiger partial charge on any atom is 0.244 e. The van der Waals surface area contributed by atoms with Crippen LogP contribution < -0.4 is 5.73 Å². The molecule has 0 aromatic heterocycles. The molecule has 4 nitrogen and oxygen atoms in total. The van der Waals surface area contributed by atoms with E-state index in [-0.39, 0.29) is 13.2 Å². The third-order valence-corrected chi connectivity index (χ3v) is 1.13. The molecule has 64 valence electrons. The van der Waals surface area contributed by atoms with Crippen molar-refractivity contribution in [2.45, 2.75) is 6.42 Å². The zero-order valence-electron chi connectivity index (χ0n) is 6.38. The summed E-state index contributed by atoms with van der Waals surface area (Å²) in [5, 5.41) is 8.30. The molecular formula is C7H13NO3. The lowest BCUT2D eigenvalue weighted by molar-refractivity contribution is -0.114. The fourth-order valence-electron chi connectivity index (χ4n) is 0.485. The van der Waals surface area contributed by atoms with Gasteiger partial charge < -0.3 is 15.6 Å². The average Bonchev–Trinajstić information content (AvgIpc) is 1.97. The minimum Gasteiger partial charge on any atom is -0.394 e. The third kappa shape index (κ3) is 5.57. The molecule has 0 saturated heterocycles. The van der Waals surface area contributed by atoms with Crippen molar-refractivity contribution < 1.29 is 14.6 Å². The number of aliphatic hydroxyl groups excluding tert-OH is 1. The summed E-state index contributed by atoms with van der Waals surface area (Å²) < 4.78 is 4.88. The van der Waals surface area contributed by atoms with Crippen LogP contribution in [0.1, 0.15) is 6.42 Å². The van der Waals surface area contributed by atoms with E-state index in [9.17, 15) is 4.79 Å². The lowest BCUT2D eigenvalue weighted by atomic mass is 10.2. The molecule has 0 bridgehead atoms. The van der Waals surface area contributed by atoms with Crippen LogP contribution in [0.5, 0.6) is 0 Å². The predicted octanol–water partition coefficient (Wildman–Crippen LogP) is -0.573. The summed E-state index contributed by atoms with van der Waals surface area (Å²) in [6.45, 7) is 4.09. The van der Waals surface area contributed by atoms with Gasteiger partial charge in [0.25, 0.3) is 0 Å². The first kappa shape index (κ1) is 10.1. The Morgan fingerprint density at radius 2 is 2.18 bits per heavy atom. The monoisotopic (exact) mass is 159 g/mol. The van der Waals surface area contributed by atoms with E-state index in [2.05, 4.69) is 6.58 Å². The molecule has 0 radical (unpaired) electrons. The van der Waals surface area contributed by atoms with Gasteiger partial charge in [-0.05, 0) is 0 Å². The Morgan fingerprint density at radius 1 is 1.55 bits per heavy atom. The maximum absolute atomic E-state index is 10.4. The number of hydrogen-bond acceptors (Lipinski definition) is 3. The minimum absolute atomic E-state index is 0.0109. The van der Waals surface area contributed by atoms with Crippen molar-refractivity contribution in [2.75, 3.05) is 19.8 Å². The van der Waals surface area contributed by atoms with Gasteiger partial charge in [0.05, 0.1) is 19.8 Å². The van der Waals surface area contributed by atoms with E-state index in [0.717, 1.165) is 0 Å². The summed E-state index contributed by atoms with van der Waals surface area (Å²) in [7, 11) is 0. The Morgan fingerprint density at radius 3 is 2.64 bits per heavy atom. The first-order valence-electron chi connectivity index (χ1n) is 3.34. The van der Waals surface area contributed by atoms with E-state index in [1.165, 1.54) is 0 Å². The summed E-state index contributed by atoms with van der Waals surface area (Å²) >= 11 is 0. The molecule has 0 unspecified atom stereocenters. The number of primary amides is 1. The van der Waals surface area contributed by atoms with Crippen LogP contribution >= 0.6 is 0 Å². The van der Waals surface area contributed by atoms with Gasteiger partial charge in [-0.3, -0.25) is 4.79 Å². The number of carbonyl (C=O) groups is 1. The largest absolute Gasteiger partial charge is 0.394 e. The Bertz CT molecular complexity index is 145. The van der Waals surface area contributed by atoms with Crippen LogP contribution in [-0.4, -0.2) is 30.8 Å². The first-order valence-corrected chi connectivity index (χ1v) is 3.34. The Kier molecular flexibility index (Phi) is 5.42. The lowest BCUT2D eigenvalue weighted by Gasteiger charge is -2.01. The van der Waals surface area contributed by atoms with E-state index >= 15 is 0 Å². The topological polar surface area (TPSA) is 72.6 Å². The molecule has 0 aliphatic carbocycles. The average molecular weight is 159 g/mol. The molecule has 0 aliphatic rings. The van der Waals surface area contributed by atoms with Gasteiger partial charge in [-0.25, -0.2) is 0 Å². The third-order valence-electron chi connectivity index (χ3n) is 1.13. The van der Waals surface area contributed by atoms with Crippen LogP contribution in [0.15, 0.2) is 12.2 Å². The van der Waals surface area contributed by atoms with Gasteiger partial charge in [0.1, 0.15) is 0 Å². The molecule has 3 N–H and O–H groups in total. The normalized spacial score (nSPS) is 9.55. The fraction of sp³-hybridized carbons (Fsp3) is 0.571. The van der Waals surface area contributed by atoms with Crippen molar-refractivity contribution in [1.82, 2.24) is 0 Å². The molecule has 0 heterocycles. The zero-order chi connectivity index (χ0) is 8.69. The first-order chi connectivity index (χ1) is 5.18. The van der Waals surface area contributed by atoms with Gasteiger partial charge in [0.15, 0.2) is 0 Å². The number of nitrogens with two attached hydrogens (primary N) is 1. The van der Waals surface area contributed by atoms with Crippen molar-refractivity contribution in [2.24, 2.45) is 5.73 Å². The second kappa shape index (κ2) is 5.88. The molecule has 0 aliphatic heterocycles. The van der Waals surface area contributed by atoms with Crippen molar-refractivity contribution >= 4 is 5.91 Å². The second-order valence-corrected chi connectivity index (χ2v) is 2.05. The van der Waals surface area contributed by atoms with Crippen LogP contribution in [0, 0.1) is 0 Å². The Hall–Kier alpha value is -0.870. The molecule has 0 rings (SSSR count). The van der Waals surface area contributed by atoms with Crippen LogP contribution in [0.4, 0.5) is 0 Å². The van der Waals surface area contributed by atoms with Crippen molar-refractivity contribution in [1.29, 1.82) is 0 Å². The van der Waals surface area contributed by atoms with Gasteiger partial charge in [0.2, 0.25) is 5.91 Å². The number of hydrogen-bond donors (Lipinski definition) is 2. The fourth-order valence-corrected chi connectivity index (χ4v) is 0.485. The number of carbonyl (C=O) groups excluding carboxylic acids is 1. The molecule has 0 atom stereocenters. The molecule has 4 heteroatoms. The SMILES string of the molecule is C=C(CCOCCO)C(N)=O. The Balaban J connectivity index is 3.25. The van der Waals surface area contributed by atoms with Crippen LogP contribution in [0.25, 0.3) is 0 Å². The van der Waals surface area contributed by atoms with Gasteiger partial charge in [-0.1, -0.05) is 6.58 Å². The molecule has 11 heavy (non-hydrogen) atoms. The number of ether oxygens (including phenoxy) is 1. The molecule has 0 aromatic carbocycles. The lowest BCUT2D eigenvalue weighted by Crippen LogP contribution is -2.14. The van der Waals surface area contributed by atoms with E-state index in [4.69, 9.17) is 15.6 Å². The highest BCUT2D eigenvalue weighted by molar-refractivity contribution is 5.91. The van der Waals surface area contributed by atoms with E-state index in [1.54, 1.807) is 0 Å². The summed E-state index contributed by atoms with van der Waals surface area (Å²) in [4.78, 5) is 10.4. The highest BCUT2D eigenvalue weighted by Gasteiger charge is 1.99. The second-order valence-electron chi connectivity index (χ2n) is 2.05. The molecule has 1 amide bonds. The highest BCUT2D eigenvalue weighted by Crippen LogP contribution is 1.95. The van der Waals surface area contributed by atoms with Gasteiger partial charge in [0, 0.05) is 12.0 Å². The van der Waals surface area contributed by atoms with Crippen LogP contribution in [0.3, 0.4) is 0 Å². The smallest absolute Gasteiger partial charge is 0.244 e. The summed E-state index contributed by atoms with van der Waals surface area (Å²) in [6, 6.07) is 0. The molecule has 0 spiro atoms. The molecule has 0 fully saturated rings. The number of amides is 1. The van der Waals surface area contributed by atoms with Gasteiger partial charge in [-0.15, -0.1) is 0 Å². The predicted molar refractivity (Wildman–Crippen MR) is 40.9 cm³/mol. The number of aliphatic hydroxyl groups is 1.